The first-order valence-corrected chi connectivity index (χ1v) is 30.3. The SMILES string of the molecule is CCCCCCCCCC(CCCCCCC)(CCCCCCC(CCCCCCC(CCCCCCC)(CCCCCCCCC)C(=O)O)OC(=O)OCCN(CC)CCN(CC)CC)C(=O)O. The van der Waals surface area contributed by atoms with Gasteiger partial charge in [-0.3, -0.25) is 14.5 Å². The number of ether oxygens (including phenoxy) is 2. The molecule has 9 nitrogen and oxygen atoms in total. The molecule has 0 aromatic rings. The van der Waals surface area contributed by atoms with Crippen molar-refractivity contribution >= 4 is 18.1 Å². The fourth-order valence-electron chi connectivity index (χ4n) is 10.7. The number of hydrogen-bond acceptors (Lipinski definition) is 7. The Kier molecular flexibility index (Phi) is 45.9. The summed E-state index contributed by atoms with van der Waals surface area (Å²) < 4.78 is 11.7. The number of hydrogen-bond donors (Lipinski definition) is 2. The number of nitrogens with zero attached hydrogens (tertiary/aromatic N) is 2. The fraction of sp³-hybridized carbons (Fsp3) is 0.950. The third-order valence-electron chi connectivity index (χ3n) is 15.8. The minimum absolute atomic E-state index is 0.223. The van der Waals surface area contributed by atoms with Crippen LogP contribution in [0, 0.1) is 10.8 Å². The number of carbonyl (C=O) groups is 3. The Balaban J connectivity index is 5.56. The molecular weight excluding hydrogens is 861 g/mol. The van der Waals surface area contributed by atoms with E-state index in [-0.39, 0.29) is 6.10 Å². The molecule has 0 aliphatic rings. The van der Waals surface area contributed by atoms with Gasteiger partial charge in [0.15, 0.2) is 0 Å². The summed E-state index contributed by atoms with van der Waals surface area (Å²) in [7, 11) is 0. The second-order valence-electron chi connectivity index (χ2n) is 21.4. The molecular formula is C60H118N2O7. The summed E-state index contributed by atoms with van der Waals surface area (Å²) in [4.78, 5) is 43.9. The van der Waals surface area contributed by atoms with E-state index in [2.05, 4.69) is 58.3 Å². The normalized spacial score (nSPS) is 14.0. The molecule has 0 aromatic heterocycles. The maximum Gasteiger partial charge on any atom is 0.508 e. The zero-order valence-electron chi connectivity index (χ0n) is 47.1. The first-order valence-electron chi connectivity index (χ1n) is 30.3. The number of rotatable bonds is 54. The van der Waals surface area contributed by atoms with E-state index < -0.39 is 28.9 Å². The Morgan fingerprint density at radius 2 is 0.652 bits per heavy atom. The molecule has 0 aromatic carbocycles. The second kappa shape index (κ2) is 47.2. The summed E-state index contributed by atoms with van der Waals surface area (Å²) in [6, 6.07) is 0. The highest BCUT2D eigenvalue weighted by molar-refractivity contribution is 5.75. The van der Waals surface area contributed by atoms with Crippen LogP contribution in [0.3, 0.4) is 0 Å². The predicted octanol–water partition coefficient (Wildman–Crippen LogP) is 18.0. The van der Waals surface area contributed by atoms with Gasteiger partial charge >= 0.3 is 18.1 Å². The summed E-state index contributed by atoms with van der Waals surface area (Å²) in [5.41, 5.74) is -1.23. The molecule has 0 spiro atoms. The number of unbranched alkanes of at least 4 members (excludes halogenated alkanes) is 26. The van der Waals surface area contributed by atoms with Crippen LogP contribution in [-0.4, -0.2) is 90.1 Å². The van der Waals surface area contributed by atoms with Crippen molar-refractivity contribution in [1.29, 1.82) is 0 Å². The molecule has 0 rings (SSSR count). The average molecular weight is 980 g/mol. The number of aliphatic carboxylic acids is 2. The van der Waals surface area contributed by atoms with E-state index in [1.54, 1.807) is 0 Å². The van der Waals surface area contributed by atoms with Crippen LogP contribution >= 0.6 is 0 Å². The maximum atomic E-state index is 13.2. The zero-order valence-corrected chi connectivity index (χ0v) is 47.1. The number of carbonyl (C=O) groups excluding carboxylic acids is 1. The minimum Gasteiger partial charge on any atom is -0.481 e. The molecule has 2 atom stereocenters. The van der Waals surface area contributed by atoms with Crippen LogP contribution in [0.4, 0.5) is 4.79 Å². The topological polar surface area (TPSA) is 117 Å². The van der Waals surface area contributed by atoms with Gasteiger partial charge in [0, 0.05) is 19.6 Å². The van der Waals surface area contributed by atoms with Crippen LogP contribution in [0.5, 0.6) is 0 Å². The van der Waals surface area contributed by atoms with Gasteiger partial charge in [-0.1, -0.05) is 241 Å². The molecule has 0 aliphatic carbocycles. The third-order valence-corrected chi connectivity index (χ3v) is 15.8. The van der Waals surface area contributed by atoms with Crippen molar-refractivity contribution in [3.05, 3.63) is 0 Å². The molecule has 9 heteroatoms. The molecule has 2 N–H and O–H groups in total. The minimum atomic E-state index is -0.615. The summed E-state index contributed by atoms with van der Waals surface area (Å²) in [6.07, 6.45) is 41.4. The van der Waals surface area contributed by atoms with Gasteiger partial charge in [0.25, 0.3) is 0 Å². The molecule has 0 saturated heterocycles. The average Bonchev–Trinajstić information content (AvgIpc) is 3.34. The van der Waals surface area contributed by atoms with E-state index in [0.717, 1.165) is 187 Å². The van der Waals surface area contributed by atoms with Crippen LogP contribution in [0.15, 0.2) is 0 Å². The van der Waals surface area contributed by atoms with Crippen molar-refractivity contribution in [2.24, 2.45) is 10.8 Å². The monoisotopic (exact) mass is 979 g/mol. The standard InChI is InChI=1S/C60H118N2O7/c1-8-15-19-23-25-31-39-47-59(56(63)64,45-37-29-21-17-10-3)49-41-33-27-35-43-55(69-58(67)68-54-53-62(14-7)52-51-61(12-5)13-6)44-36-28-34-42-50-60(57(65)66,46-38-30-22-18-11-4)48-40-32-26-24-20-16-9-2/h55H,8-54H2,1-7H3,(H,63,64)(H,65,66). The van der Waals surface area contributed by atoms with Gasteiger partial charge < -0.3 is 24.6 Å². The molecule has 0 aliphatic heterocycles. The fourth-order valence-corrected chi connectivity index (χ4v) is 10.7. The van der Waals surface area contributed by atoms with Gasteiger partial charge in [0.2, 0.25) is 0 Å². The smallest absolute Gasteiger partial charge is 0.481 e. The van der Waals surface area contributed by atoms with Gasteiger partial charge in [-0.25, -0.2) is 4.79 Å². The number of carboxylic acid groups (broad SMARTS) is 2. The molecule has 69 heavy (non-hydrogen) atoms. The Labute approximate surface area is 428 Å². The summed E-state index contributed by atoms with van der Waals surface area (Å²) in [5.74, 6) is -1.18. The molecule has 0 saturated carbocycles. The van der Waals surface area contributed by atoms with Gasteiger partial charge in [-0.15, -0.1) is 0 Å². The first-order chi connectivity index (χ1) is 33.5. The Morgan fingerprint density at radius 1 is 0.377 bits per heavy atom. The molecule has 2 unspecified atom stereocenters. The lowest BCUT2D eigenvalue weighted by Crippen LogP contribution is -2.37. The maximum absolute atomic E-state index is 13.2. The molecule has 0 radical (unpaired) electrons. The van der Waals surface area contributed by atoms with Crippen LogP contribution in [0.2, 0.25) is 0 Å². The highest BCUT2D eigenvalue weighted by Gasteiger charge is 2.38. The van der Waals surface area contributed by atoms with Crippen LogP contribution in [-0.2, 0) is 19.1 Å². The van der Waals surface area contributed by atoms with Crippen molar-refractivity contribution in [3.8, 4) is 0 Å². The predicted molar refractivity (Wildman–Crippen MR) is 294 cm³/mol. The summed E-state index contributed by atoms with van der Waals surface area (Å²) >= 11 is 0. The van der Waals surface area contributed by atoms with Crippen LogP contribution in [0.25, 0.3) is 0 Å². The highest BCUT2D eigenvalue weighted by Crippen LogP contribution is 2.39. The van der Waals surface area contributed by atoms with E-state index >= 15 is 0 Å². The van der Waals surface area contributed by atoms with E-state index in [1.807, 2.05) is 0 Å². The van der Waals surface area contributed by atoms with Gasteiger partial charge in [0.05, 0.1) is 10.8 Å². The van der Waals surface area contributed by atoms with Crippen molar-refractivity contribution in [1.82, 2.24) is 9.80 Å². The summed E-state index contributed by atoms with van der Waals surface area (Å²) in [6.45, 7) is 21.4. The molecule has 410 valence electrons. The Bertz CT molecular complexity index is 1100. The van der Waals surface area contributed by atoms with Crippen LogP contribution < -0.4 is 0 Å². The van der Waals surface area contributed by atoms with E-state index in [9.17, 15) is 24.6 Å². The first kappa shape index (κ1) is 67.1. The van der Waals surface area contributed by atoms with Crippen molar-refractivity contribution in [3.63, 3.8) is 0 Å². The van der Waals surface area contributed by atoms with Crippen molar-refractivity contribution in [2.75, 3.05) is 45.9 Å². The lowest BCUT2D eigenvalue weighted by Gasteiger charge is -2.30. The largest absolute Gasteiger partial charge is 0.508 e. The molecule has 0 heterocycles. The second-order valence-corrected chi connectivity index (χ2v) is 21.4. The van der Waals surface area contributed by atoms with Gasteiger partial charge in [-0.05, 0) is 83.8 Å². The number of likely N-dealkylation sites (N-methyl/N-ethyl adjacent to an activating group) is 2. The molecule has 0 fully saturated rings. The van der Waals surface area contributed by atoms with Crippen molar-refractivity contribution in [2.45, 2.75) is 311 Å². The van der Waals surface area contributed by atoms with E-state index in [1.165, 1.54) is 103 Å². The lowest BCUT2D eigenvalue weighted by molar-refractivity contribution is -0.151. The van der Waals surface area contributed by atoms with E-state index in [0.29, 0.717) is 13.2 Å². The number of carboxylic acids is 2. The molecule has 0 amide bonds. The highest BCUT2D eigenvalue weighted by atomic mass is 16.7. The zero-order chi connectivity index (χ0) is 51.1. The Morgan fingerprint density at radius 3 is 0.942 bits per heavy atom. The summed E-state index contributed by atoms with van der Waals surface area (Å²) in [5, 5.41) is 21.4. The van der Waals surface area contributed by atoms with Gasteiger partial charge in [0.1, 0.15) is 12.7 Å². The third kappa shape index (κ3) is 35.8. The lowest BCUT2D eigenvalue weighted by atomic mass is 9.74. The quantitative estimate of drug-likeness (QED) is 0.0454. The van der Waals surface area contributed by atoms with Crippen molar-refractivity contribution < 1.29 is 34.1 Å². The van der Waals surface area contributed by atoms with Crippen LogP contribution in [0.1, 0.15) is 305 Å². The molecule has 0 bridgehead atoms. The van der Waals surface area contributed by atoms with Gasteiger partial charge in [-0.2, -0.15) is 0 Å². The Hall–Kier alpha value is -1.87. The van der Waals surface area contributed by atoms with E-state index in [4.69, 9.17) is 9.47 Å².